The molecule has 1 aliphatic heterocycles. The molecule has 0 radical (unpaired) electrons. The highest BCUT2D eigenvalue weighted by molar-refractivity contribution is 7.80. The summed E-state index contributed by atoms with van der Waals surface area (Å²) in [5.41, 5.74) is 8.58. The van der Waals surface area contributed by atoms with Crippen LogP contribution in [0.4, 0.5) is 5.69 Å². The Morgan fingerprint density at radius 3 is 2.64 bits per heavy atom. The molecule has 3 aromatic heterocycles. The largest absolute Gasteiger partial charge is 0.352 e. The molecule has 1 amide bonds. The van der Waals surface area contributed by atoms with Gasteiger partial charge in [0.15, 0.2) is 5.11 Å². The van der Waals surface area contributed by atoms with Gasteiger partial charge in [0.2, 0.25) is 5.91 Å². The lowest BCUT2D eigenvalue weighted by atomic mass is 9.96. The second-order valence-electron chi connectivity index (χ2n) is 10.2. The van der Waals surface area contributed by atoms with Gasteiger partial charge in [-0.1, -0.05) is 24.3 Å². The highest BCUT2D eigenvalue weighted by atomic mass is 32.1. The van der Waals surface area contributed by atoms with E-state index >= 15 is 0 Å². The van der Waals surface area contributed by atoms with Crippen LogP contribution in [-0.2, 0) is 11.3 Å². The van der Waals surface area contributed by atoms with Crippen molar-refractivity contribution in [3.63, 3.8) is 0 Å². The lowest BCUT2D eigenvalue weighted by molar-refractivity contribution is -0.116. The number of nitrogens with one attached hydrogen (secondary N) is 2. The maximum atomic E-state index is 13.0. The minimum absolute atomic E-state index is 0.0337. The van der Waals surface area contributed by atoms with Crippen LogP contribution >= 0.6 is 12.2 Å². The monoisotopic (exact) mass is 538 g/mol. The first-order valence-electron chi connectivity index (χ1n) is 13.2. The fourth-order valence-electron chi connectivity index (χ4n) is 5.33. The van der Waals surface area contributed by atoms with Crippen LogP contribution in [0.3, 0.4) is 0 Å². The molecule has 200 valence electrons. The fraction of sp³-hybridized carbons (Fsp3) is 0.290. The Morgan fingerprint density at radius 2 is 1.90 bits per heavy atom. The normalized spacial score (nSPS) is 16.8. The first kappa shape index (κ1) is 26.6. The Morgan fingerprint density at radius 1 is 1.05 bits per heavy atom. The molecule has 7 nitrogen and oxygen atoms in total. The van der Waals surface area contributed by atoms with Gasteiger partial charge in [-0.2, -0.15) is 0 Å². The standard InChI is InChI=1S/C31H34N6OS/c1-20-10-11-21(2)27(16-20)34-28(38)12-15-36-30(29(35-31(36)39)26-9-5-6-14-33-26)25-17-22(3)37(23(25)4)19-24-8-7-13-32-18-24/h5-11,13-14,16-18,29-30H,12,15,19H2,1-4H3,(H,34,38)(H,35,39)/t29-,30-/m1/s1. The summed E-state index contributed by atoms with van der Waals surface area (Å²) in [7, 11) is 0. The third-order valence-electron chi connectivity index (χ3n) is 7.44. The van der Waals surface area contributed by atoms with Crippen LogP contribution in [0.1, 0.15) is 57.8 Å². The molecule has 0 saturated carbocycles. The molecule has 4 aromatic rings. The van der Waals surface area contributed by atoms with Crippen molar-refractivity contribution in [1.29, 1.82) is 0 Å². The van der Waals surface area contributed by atoms with E-state index in [1.165, 1.54) is 11.3 Å². The van der Waals surface area contributed by atoms with Crippen LogP contribution in [0, 0.1) is 27.7 Å². The average Bonchev–Trinajstić information content (AvgIpc) is 3.41. The van der Waals surface area contributed by atoms with E-state index in [4.69, 9.17) is 12.2 Å². The zero-order chi connectivity index (χ0) is 27.5. The lowest BCUT2D eigenvalue weighted by Crippen LogP contribution is -2.33. The Balaban J connectivity index is 1.43. The zero-order valence-electron chi connectivity index (χ0n) is 22.8. The van der Waals surface area contributed by atoms with Gasteiger partial charge in [0.1, 0.15) is 0 Å². The van der Waals surface area contributed by atoms with Gasteiger partial charge in [-0.15, -0.1) is 0 Å². The number of carbonyl (C=O) groups excluding carboxylic acids is 1. The minimum atomic E-state index is -0.131. The van der Waals surface area contributed by atoms with Crippen LogP contribution in [0.15, 0.2) is 73.2 Å². The number of hydrogen-bond donors (Lipinski definition) is 2. The van der Waals surface area contributed by atoms with Gasteiger partial charge < -0.3 is 20.1 Å². The molecule has 2 N–H and O–H groups in total. The first-order chi connectivity index (χ1) is 18.8. The van der Waals surface area contributed by atoms with Crippen LogP contribution < -0.4 is 10.6 Å². The SMILES string of the molecule is Cc1ccc(C)c(NC(=O)CCN2C(=S)N[C@H](c3ccccn3)[C@H]2c2cc(C)n(Cc3cccnc3)c2C)c1. The predicted octanol–water partition coefficient (Wildman–Crippen LogP) is 5.56. The lowest BCUT2D eigenvalue weighted by Gasteiger charge is -2.28. The molecule has 39 heavy (non-hydrogen) atoms. The second kappa shape index (κ2) is 11.4. The predicted molar refractivity (Wildman–Crippen MR) is 159 cm³/mol. The summed E-state index contributed by atoms with van der Waals surface area (Å²) in [6.45, 7) is 9.54. The number of nitrogens with zero attached hydrogens (tertiary/aromatic N) is 4. The third-order valence-corrected chi connectivity index (χ3v) is 7.79. The molecule has 0 aliphatic carbocycles. The molecule has 0 unspecified atom stereocenters. The van der Waals surface area contributed by atoms with E-state index in [2.05, 4.69) is 56.0 Å². The molecule has 5 rings (SSSR count). The van der Waals surface area contributed by atoms with Gasteiger partial charge in [-0.25, -0.2) is 0 Å². The third kappa shape index (κ3) is 5.71. The molecule has 1 aliphatic rings. The number of hydrogen-bond acceptors (Lipinski definition) is 4. The Kier molecular flexibility index (Phi) is 7.74. The summed E-state index contributed by atoms with van der Waals surface area (Å²) in [6.07, 6.45) is 5.82. The number of amides is 1. The van der Waals surface area contributed by atoms with Crippen molar-refractivity contribution in [2.45, 2.75) is 52.7 Å². The van der Waals surface area contributed by atoms with Crippen molar-refractivity contribution in [3.8, 4) is 0 Å². The number of carbonyl (C=O) groups is 1. The summed E-state index contributed by atoms with van der Waals surface area (Å²) in [5, 5.41) is 7.23. The van der Waals surface area contributed by atoms with Crippen LogP contribution in [0.25, 0.3) is 0 Å². The summed E-state index contributed by atoms with van der Waals surface area (Å²) in [6, 6.07) is 18.1. The van der Waals surface area contributed by atoms with E-state index in [1.54, 1.807) is 6.20 Å². The first-order valence-corrected chi connectivity index (χ1v) is 13.6. The van der Waals surface area contributed by atoms with Crippen LogP contribution in [0.2, 0.25) is 0 Å². The summed E-state index contributed by atoms with van der Waals surface area (Å²) >= 11 is 5.84. The van der Waals surface area contributed by atoms with Crippen molar-refractivity contribution in [2.24, 2.45) is 0 Å². The van der Waals surface area contributed by atoms with E-state index in [-0.39, 0.29) is 18.0 Å². The van der Waals surface area contributed by atoms with E-state index in [0.29, 0.717) is 18.1 Å². The van der Waals surface area contributed by atoms with Crippen molar-refractivity contribution >= 4 is 28.9 Å². The molecule has 4 heterocycles. The van der Waals surface area contributed by atoms with Gasteiger partial charge in [-0.3, -0.25) is 14.8 Å². The van der Waals surface area contributed by atoms with Gasteiger partial charge in [0.25, 0.3) is 0 Å². The highest BCUT2D eigenvalue weighted by Gasteiger charge is 2.41. The molecule has 0 spiro atoms. The number of thiocarbonyl (C=S) groups is 1. The molecule has 1 saturated heterocycles. The van der Waals surface area contributed by atoms with Crippen molar-refractivity contribution in [1.82, 2.24) is 24.8 Å². The second-order valence-corrected chi connectivity index (χ2v) is 10.6. The smallest absolute Gasteiger partial charge is 0.226 e. The van der Waals surface area contributed by atoms with Crippen molar-refractivity contribution in [3.05, 3.63) is 113 Å². The van der Waals surface area contributed by atoms with Crippen molar-refractivity contribution < 1.29 is 4.79 Å². The molecular weight excluding hydrogens is 504 g/mol. The van der Waals surface area contributed by atoms with Gasteiger partial charge >= 0.3 is 0 Å². The summed E-state index contributed by atoms with van der Waals surface area (Å²) < 4.78 is 2.31. The number of aromatic nitrogens is 3. The Labute approximate surface area is 235 Å². The van der Waals surface area contributed by atoms with Crippen LogP contribution in [0.5, 0.6) is 0 Å². The van der Waals surface area contributed by atoms with E-state index in [0.717, 1.165) is 40.3 Å². The van der Waals surface area contributed by atoms with Gasteiger partial charge in [0, 0.05) is 55.2 Å². The van der Waals surface area contributed by atoms with Crippen molar-refractivity contribution in [2.75, 3.05) is 11.9 Å². The number of anilines is 1. The molecule has 0 bridgehead atoms. The Bertz CT molecular complexity index is 1480. The quantitative estimate of drug-likeness (QED) is 0.286. The molecule has 1 aromatic carbocycles. The van der Waals surface area contributed by atoms with Gasteiger partial charge in [-0.05, 0) is 92.5 Å². The number of aryl methyl sites for hydroxylation is 3. The Hall–Kier alpha value is -4.04. The maximum Gasteiger partial charge on any atom is 0.226 e. The molecule has 8 heteroatoms. The van der Waals surface area contributed by atoms with E-state index < -0.39 is 0 Å². The molecule has 1 fully saturated rings. The number of rotatable bonds is 8. The zero-order valence-corrected chi connectivity index (χ0v) is 23.6. The average molecular weight is 539 g/mol. The summed E-state index contributed by atoms with van der Waals surface area (Å²) in [5.74, 6) is -0.0337. The fourth-order valence-corrected chi connectivity index (χ4v) is 5.67. The van der Waals surface area contributed by atoms with E-state index in [1.807, 2.05) is 68.7 Å². The maximum absolute atomic E-state index is 13.0. The summed E-state index contributed by atoms with van der Waals surface area (Å²) in [4.78, 5) is 24.1. The van der Waals surface area contributed by atoms with Crippen LogP contribution in [-0.4, -0.2) is 37.0 Å². The topological polar surface area (TPSA) is 75.1 Å². The minimum Gasteiger partial charge on any atom is -0.352 e. The van der Waals surface area contributed by atoms with E-state index in [9.17, 15) is 4.79 Å². The van der Waals surface area contributed by atoms with Gasteiger partial charge in [0.05, 0.1) is 17.8 Å². The molecule has 2 atom stereocenters. The highest BCUT2D eigenvalue weighted by Crippen LogP contribution is 2.41. The molecular formula is C31H34N6OS. The number of benzene rings is 1. The number of pyridine rings is 2.